The molecular formula is C21H20BrN3OS. The summed E-state index contributed by atoms with van der Waals surface area (Å²) in [5.41, 5.74) is 3.47. The van der Waals surface area contributed by atoms with E-state index >= 15 is 0 Å². The van der Waals surface area contributed by atoms with Gasteiger partial charge in [0.15, 0.2) is 5.13 Å². The van der Waals surface area contributed by atoms with Gasteiger partial charge in [-0.3, -0.25) is 4.79 Å². The normalized spacial score (nSPS) is 14.2. The first-order valence-corrected chi connectivity index (χ1v) is 10.7. The molecule has 4 rings (SSSR count). The third kappa shape index (κ3) is 4.39. The number of nitrogens with one attached hydrogen (secondary N) is 1. The van der Waals surface area contributed by atoms with Crippen molar-refractivity contribution < 1.29 is 4.79 Å². The van der Waals surface area contributed by atoms with Crippen molar-refractivity contribution in [1.82, 2.24) is 4.98 Å². The minimum atomic E-state index is -0.115. The summed E-state index contributed by atoms with van der Waals surface area (Å²) in [5.74, 6) is -0.115. The molecule has 2 aromatic carbocycles. The molecule has 6 heteroatoms. The van der Waals surface area contributed by atoms with E-state index in [-0.39, 0.29) is 5.91 Å². The molecule has 1 saturated heterocycles. The van der Waals surface area contributed by atoms with Crippen LogP contribution >= 0.6 is 27.3 Å². The molecule has 1 aromatic heterocycles. The molecule has 1 amide bonds. The number of piperidine rings is 1. The maximum atomic E-state index is 12.3. The van der Waals surface area contributed by atoms with Gasteiger partial charge in [-0.1, -0.05) is 28.1 Å². The van der Waals surface area contributed by atoms with Crippen molar-refractivity contribution in [3.8, 4) is 11.3 Å². The summed E-state index contributed by atoms with van der Waals surface area (Å²) in [6.07, 6.45) is 3.82. The molecule has 1 fully saturated rings. The fraction of sp³-hybridized carbons (Fsp3) is 0.238. The van der Waals surface area contributed by atoms with Crippen molar-refractivity contribution in [2.75, 3.05) is 23.3 Å². The molecule has 0 aliphatic carbocycles. The summed E-state index contributed by atoms with van der Waals surface area (Å²) >= 11 is 5.08. The van der Waals surface area contributed by atoms with Crippen LogP contribution in [-0.2, 0) is 0 Å². The van der Waals surface area contributed by atoms with E-state index in [4.69, 9.17) is 4.98 Å². The second kappa shape index (κ2) is 8.23. The van der Waals surface area contributed by atoms with Gasteiger partial charge in [0.2, 0.25) is 0 Å². The zero-order chi connectivity index (χ0) is 18.6. The van der Waals surface area contributed by atoms with Crippen molar-refractivity contribution in [3.05, 3.63) is 63.9 Å². The summed E-state index contributed by atoms with van der Waals surface area (Å²) < 4.78 is 0.954. The van der Waals surface area contributed by atoms with E-state index in [1.165, 1.54) is 19.3 Å². The van der Waals surface area contributed by atoms with Crippen LogP contribution in [0.15, 0.2) is 58.4 Å². The van der Waals surface area contributed by atoms with Crippen LogP contribution in [0.2, 0.25) is 0 Å². The molecule has 0 spiro atoms. The predicted octanol–water partition coefficient (Wildman–Crippen LogP) is 5.82. The number of nitrogens with zero attached hydrogens (tertiary/aromatic N) is 2. The molecule has 4 nitrogen and oxygen atoms in total. The van der Waals surface area contributed by atoms with Crippen LogP contribution in [0.3, 0.4) is 0 Å². The van der Waals surface area contributed by atoms with Crippen LogP contribution in [0.5, 0.6) is 0 Å². The molecule has 0 radical (unpaired) electrons. The smallest absolute Gasteiger partial charge is 0.255 e. The highest BCUT2D eigenvalue weighted by atomic mass is 79.9. The SMILES string of the molecule is O=C(Nc1ccc(-c2csc(N3CCCCC3)n2)cc1)c1ccc(Br)cc1. The Balaban J connectivity index is 1.43. The van der Waals surface area contributed by atoms with E-state index < -0.39 is 0 Å². The average molecular weight is 442 g/mol. The summed E-state index contributed by atoms with van der Waals surface area (Å²) in [5, 5.41) is 6.15. The Morgan fingerprint density at radius 3 is 2.41 bits per heavy atom. The summed E-state index contributed by atoms with van der Waals surface area (Å²) in [6.45, 7) is 2.21. The molecular weight excluding hydrogens is 422 g/mol. The van der Waals surface area contributed by atoms with E-state index in [1.54, 1.807) is 23.5 Å². The lowest BCUT2D eigenvalue weighted by atomic mass is 10.1. The molecule has 0 saturated carbocycles. The number of anilines is 2. The Hall–Kier alpha value is -2.18. The molecule has 1 aliphatic heterocycles. The highest BCUT2D eigenvalue weighted by Gasteiger charge is 2.15. The number of benzene rings is 2. The van der Waals surface area contributed by atoms with Crippen LogP contribution in [0.25, 0.3) is 11.3 Å². The lowest BCUT2D eigenvalue weighted by molar-refractivity contribution is 0.102. The van der Waals surface area contributed by atoms with Crippen molar-refractivity contribution >= 4 is 44.0 Å². The molecule has 1 N–H and O–H groups in total. The van der Waals surface area contributed by atoms with Gasteiger partial charge < -0.3 is 10.2 Å². The Bertz CT molecular complexity index is 915. The summed E-state index contributed by atoms with van der Waals surface area (Å²) in [4.78, 5) is 19.5. The lowest BCUT2D eigenvalue weighted by Crippen LogP contribution is -2.29. The number of carbonyl (C=O) groups excluding carboxylic acids is 1. The van der Waals surface area contributed by atoms with E-state index in [1.807, 2.05) is 36.4 Å². The lowest BCUT2D eigenvalue weighted by Gasteiger charge is -2.25. The Labute approximate surface area is 171 Å². The topological polar surface area (TPSA) is 45.2 Å². The number of hydrogen-bond donors (Lipinski definition) is 1. The van der Waals surface area contributed by atoms with Crippen molar-refractivity contribution in [2.24, 2.45) is 0 Å². The average Bonchev–Trinajstić information content (AvgIpc) is 3.20. The first-order valence-electron chi connectivity index (χ1n) is 9.07. The third-order valence-electron chi connectivity index (χ3n) is 4.66. The predicted molar refractivity (Wildman–Crippen MR) is 116 cm³/mol. The molecule has 3 aromatic rings. The molecule has 27 heavy (non-hydrogen) atoms. The van der Waals surface area contributed by atoms with Crippen LogP contribution in [0.4, 0.5) is 10.8 Å². The maximum absolute atomic E-state index is 12.3. The number of aromatic nitrogens is 1. The second-order valence-corrected chi connectivity index (χ2v) is 8.35. The van der Waals surface area contributed by atoms with Gasteiger partial charge >= 0.3 is 0 Å². The largest absolute Gasteiger partial charge is 0.348 e. The third-order valence-corrected chi connectivity index (χ3v) is 6.09. The number of amides is 1. The molecule has 0 atom stereocenters. The zero-order valence-electron chi connectivity index (χ0n) is 14.8. The van der Waals surface area contributed by atoms with Gasteiger partial charge in [0.25, 0.3) is 5.91 Å². The number of thiazole rings is 1. The fourth-order valence-electron chi connectivity index (χ4n) is 3.16. The van der Waals surface area contributed by atoms with Crippen molar-refractivity contribution in [3.63, 3.8) is 0 Å². The van der Waals surface area contributed by atoms with Gasteiger partial charge in [-0.15, -0.1) is 11.3 Å². The zero-order valence-corrected chi connectivity index (χ0v) is 17.2. The standard InChI is InChI=1S/C21H20BrN3OS/c22-17-8-4-16(5-9-17)20(26)23-18-10-6-15(7-11-18)19-14-27-21(24-19)25-12-2-1-3-13-25/h4-11,14H,1-3,12-13H2,(H,23,26). The van der Waals surface area contributed by atoms with Crippen LogP contribution in [0, 0.1) is 0 Å². The van der Waals surface area contributed by atoms with Gasteiger partial charge in [0.1, 0.15) is 0 Å². The molecule has 0 unspecified atom stereocenters. The van der Waals surface area contributed by atoms with Crippen molar-refractivity contribution in [1.29, 1.82) is 0 Å². The first kappa shape index (κ1) is 18.2. The quantitative estimate of drug-likeness (QED) is 0.554. The minimum absolute atomic E-state index is 0.115. The Kier molecular flexibility index (Phi) is 5.55. The van der Waals surface area contributed by atoms with Gasteiger partial charge in [-0.25, -0.2) is 4.98 Å². The monoisotopic (exact) mass is 441 g/mol. The van der Waals surface area contributed by atoms with Gasteiger partial charge in [0.05, 0.1) is 5.69 Å². The number of rotatable bonds is 4. The van der Waals surface area contributed by atoms with Crippen molar-refractivity contribution in [2.45, 2.75) is 19.3 Å². The summed E-state index contributed by atoms with van der Waals surface area (Å²) in [6, 6.07) is 15.2. The number of halogens is 1. The summed E-state index contributed by atoms with van der Waals surface area (Å²) in [7, 11) is 0. The second-order valence-electron chi connectivity index (χ2n) is 6.60. The van der Waals surface area contributed by atoms with E-state index in [9.17, 15) is 4.79 Å². The van der Waals surface area contributed by atoms with E-state index in [2.05, 4.69) is 31.5 Å². The van der Waals surface area contributed by atoms with Gasteiger partial charge in [-0.05, 0) is 55.7 Å². The highest BCUT2D eigenvalue weighted by molar-refractivity contribution is 9.10. The highest BCUT2D eigenvalue weighted by Crippen LogP contribution is 2.29. The molecule has 2 heterocycles. The van der Waals surface area contributed by atoms with Crippen LogP contribution in [0.1, 0.15) is 29.6 Å². The first-order chi connectivity index (χ1) is 13.2. The van der Waals surface area contributed by atoms with E-state index in [0.717, 1.165) is 39.6 Å². The molecule has 0 bridgehead atoms. The minimum Gasteiger partial charge on any atom is -0.348 e. The Morgan fingerprint density at radius 2 is 1.70 bits per heavy atom. The number of carbonyl (C=O) groups is 1. The fourth-order valence-corrected chi connectivity index (χ4v) is 4.31. The van der Waals surface area contributed by atoms with E-state index in [0.29, 0.717) is 5.56 Å². The van der Waals surface area contributed by atoms with Gasteiger partial charge in [0, 0.05) is 39.8 Å². The maximum Gasteiger partial charge on any atom is 0.255 e. The number of hydrogen-bond acceptors (Lipinski definition) is 4. The molecule has 1 aliphatic rings. The van der Waals surface area contributed by atoms with Crippen LogP contribution < -0.4 is 10.2 Å². The van der Waals surface area contributed by atoms with Gasteiger partial charge in [-0.2, -0.15) is 0 Å². The molecule has 138 valence electrons. The Morgan fingerprint density at radius 1 is 1.00 bits per heavy atom. The van der Waals surface area contributed by atoms with Crippen LogP contribution in [-0.4, -0.2) is 24.0 Å².